The number of rotatable bonds is 4. The molecule has 3 nitrogen and oxygen atoms in total. The molecule has 1 aromatic heterocycles. The van der Waals surface area contributed by atoms with Crippen molar-refractivity contribution in [3.05, 3.63) is 109 Å². The lowest BCUT2D eigenvalue weighted by Gasteiger charge is -2.22. The molecule has 30 heavy (non-hydrogen) atoms. The van der Waals surface area contributed by atoms with Crippen molar-refractivity contribution < 1.29 is 4.57 Å². The second-order valence-corrected chi connectivity index (χ2v) is 10.0. The number of aryl methyl sites for hydroxylation is 1. The molecule has 0 aliphatic rings. The summed E-state index contributed by atoms with van der Waals surface area (Å²) in [4.78, 5) is 4.89. The van der Waals surface area contributed by atoms with Crippen LogP contribution in [-0.2, 0) is 11.6 Å². The van der Waals surface area contributed by atoms with Crippen LogP contribution in [0, 0.1) is 0 Å². The third-order valence-electron chi connectivity index (χ3n) is 5.51. The number of imidazole rings is 1. The molecule has 0 saturated heterocycles. The fraction of sp³-hybridized carbons (Fsp3) is 0.0385. The van der Waals surface area contributed by atoms with Gasteiger partial charge in [-0.15, -0.1) is 0 Å². The molecule has 0 amide bonds. The van der Waals surface area contributed by atoms with Crippen LogP contribution in [0.4, 0.5) is 0 Å². The van der Waals surface area contributed by atoms with Gasteiger partial charge in [-0.05, 0) is 12.1 Å². The van der Waals surface area contributed by atoms with Crippen molar-refractivity contribution in [3.63, 3.8) is 0 Å². The Morgan fingerprint density at radius 1 is 0.667 bits per heavy atom. The van der Waals surface area contributed by atoms with E-state index >= 15 is 0 Å². The molecule has 0 radical (unpaired) electrons. The molecule has 0 fully saturated rings. The van der Waals surface area contributed by atoms with Gasteiger partial charge in [-0.2, -0.15) is 0 Å². The van der Waals surface area contributed by atoms with E-state index in [0.717, 1.165) is 38.3 Å². The van der Waals surface area contributed by atoms with Gasteiger partial charge < -0.3 is 9.13 Å². The van der Waals surface area contributed by atoms with Crippen molar-refractivity contribution in [2.45, 2.75) is 0 Å². The molecule has 0 aliphatic carbocycles. The molecule has 146 valence electrons. The van der Waals surface area contributed by atoms with Gasteiger partial charge >= 0.3 is 0 Å². The summed E-state index contributed by atoms with van der Waals surface area (Å²) in [5.41, 5.74) is 2.88. The highest BCUT2D eigenvalue weighted by molar-refractivity contribution is 7.85. The van der Waals surface area contributed by atoms with E-state index in [9.17, 15) is 4.57 Å². The Morgan fingerprint density at radius 2 is 1.20 bits per heavy atom. The molecular formula is C26H21N2OP. The third kappa shape index (κ3) is 2.91. The Labute approximate surface area is 176 Å². The van der Waals surface area contributed by atoms with Gasteiger partial charge in [0.15, 0.2) is 7.14 Å². The third-order valence-corrected chi connectivity index (χ3v) is 8.63. The largest absolute Gasteiger partial charge is 0.327 e. The molecule has 0 N–H and O–H groups in total. The first-order chi connectivity index (χ1) is 14.7. The average Bonchev–Trinajstić information content (AvgIpc) is 3.16. The van der Waals surface area contributed by atoms with Gasteiger partial charge in [0, 0.05) is 28.5 Å². The van der Waals surface area contributed by atoms with Crippen LogP contribution in [0.2, 0.25) is 0 Å². The van der Waals surface area contributed by atoms with Crippen LogP contribution in [0.15, 0.2) is 109 Å². The number of aromatic nitrogens is 2. The number of hydrogen-bond donors (Lipinski definition) is 0. The maximum absolute atomic E-state index is 14.9. The zero-order valence-corrected chi connectivity index (χ0v) is 17.5. The zero-order chi connectivity index (χ0) is 20.6. The van der Waals surface area contributed by atoms with Crippen molar-refractivity contribution in [2.75, 3.05) is 0 Å². The lowest BCUT2D eigenvalue weighted by Crippen LogP contribution is -2.26. The molecule has 0 aliphatic heterocycles. The number of benzene rings is 4. The molecule has 5 aromatic rings. The minimum atomic E-state index is -3.10. The number of hydrogen-bond acceptors (Lipinski definition) is 2. The smallest absolute Gasteiger partial charge is 0.171 e. The maximum Gasteiger partial charge on any atom is 0.171 e. The highest BCUT2D eigenvalue weighted by Gasteiger charge is 2.32. The number of fused-ring (bicyclic) bond motifs is 1. The van der Waals surface area contributed by atoms with E-state index in [2.05, 4.69) is 10.6 Å². The van der Waals surface area contributed by atoms with Crippen LogP contribution in [0.1, 0.15) is 0 Å². The van der Waals surface area contributed by atoms with Gasteiger partial charge in [0.25, 0.3) is 0 Å². The lowest BCUT2D eigenvalue weighted by molar-refractivity contribution is 0.592. The van der Waals surface area contributed by atoms with Crippen molar-refractivity contribution in [1.29, 1.82) is 0 Å². The van der Waals surface area contributed by atoms with Crippen LogP contribution in [0.25, 0.3) is 22.4 Å². The van der Waals surface area contributed by atoms with E-state index in [-0.39, 0.29) is 0 Å². The van der Waals surface area contributed by atoms with Crippen LogP contribution in [0.5, 0.6) is 0 Å². The van der Waals surface area contributed by atoms with Gasteiger partial charge in [-0.1, -0.05) is 97.1 Å². The van der Waals surface area contributed by atoms with Gasteiger partial charge in [0.05, 0.1) is 11.0 Å². The molecule has 0 spiro atoms. The van der Waals surface area contributed by atoms with Crippen LogP contribution < -0.4 is 15.9 Å². The standard InChI is InChI=1S/C26H21N2OP/c1-28-24-18-10-9-17-23(24)27-26(28)22-16-8-11-19-25(22)30(29,20-12-4-2-5-13-20)21-14-6-3-7-15-21/h2-19H,1H3. The summed E-state index contributed by atoms with van der Waals surface area (Å²) >= 11 is 0. The predicted octanol–water partition coefficient (Wildman–Crippen LogP) is 4.88. The Balaban J connectivity index is 1.83. The monoisotopic (exact) mass is 408 g/mol. The predicted molar refractivity (Wildman–Crippen MR) is 126 cm³/mol. The maximum atomic E-state index is 14.9. The van der Waals surface area contributed by atoms with Crippen molar-refractivity contribution in [1.82, 2.24) is 9.55 Å². The minimum absolute atomic E-state index is 0.806. The molecule has 4 heteroatoms. The summed E-state index contributed by atoms with van der Waals surface area (Å²) in [6.07, 6.45) is 0. The molecule has 1 heterocycles. The lowest BCUT2D eigenvalue weighted by atomic mass is 10.2. The summed E-state index contributed by atoms with van der Waals surface area (Å²) in [6, 6.07) is 35.5. The van der Waals surface area contributed by atoms with E-state index in [1.165, 1.54) is 0 Å². The first-order valence-corrected chi connectivity index (χ1v) is 11.6. The van der Waals surface area contributed by atoms with Crippen molar-refractivity contribution in [3.8, 4) is 11.4 Å². The second-order valence-electron chi connectivity index (χ2n) is 7.28. The Morgan fingerprint density at radius 3 is 1.83 bits per heavy atom. The van der Waals surface area contributed by atoms with Crippen molar-refractivity contribution >= 4 is 34.1 Å². The van der Waals surface area contributed by atoms with Crippen molar-refractivity contribution in [2.24, 2.45) is 7.05 Å². The summed E-state index contributed by atoms with van der Waals surface area (Å²) in [6.45, 7) is 0. The van der Waals surface area contributed by atoms with E-state index in [1.54, 1.807) is 0 Å². The van der Waals surface area contributed by atoms with Crippen LogP contribution >= 0.6 is 7.14 Å². The van der Waals surface area contributed by atoms with Crippen LogP contribution in [0.3, 0.4) is 0 Å². The van der Waals surface area contributed by atoms with E-state index in [0.29, 0.717) is 0 Å². The second kappa shape index (κ2) is 7.44. The normalized spacial score (nSPS) is 11.6. The summed E-state index contributed by atoms with van der Waals surface area (Å²) in [5.74, 6) is 0.818. The molecule has 0 unspecified atom stereocenters. The van der Waals surface area contributed by atoms with E-state index in [4.69, 9.17) is 4.98 Å². The topological polar surface area (TPSA) is 34.9 Å². The van der Waals surface area contributed by atoms with Gasteiger partial charge in [0.1, 0.15) is 5.82 Å². The molecule has 4 aromatic carbocycles. The fourth-order valence-corrected chi connectivity index (χ4v) is 6.88. The first kappa shape index (κ1) is 18.6. The summed E-state index contributed by atoms with van der Waals surface area (Å²) in [5, 5.41) is 2.45. The van der Waals surface area contributed by atoms with Crippen LogP contribution in [-0.4, -0.2) is 9.55 Å². The van der Waals surface area contributed by atoms with Gasteiger partial charge in [0.2, 0.25) is 0 Å². The molecule has 5 rings (SSSR count). The first-order valence-electron chi connectivity index (χ1n) is 9.92. The van der Waals surface area contributed by atoms with E-state index in [1.807, 2.05) is 110 Å². The molecular weight excluding hydrogens is 387 g/mol. The highest BCUT2D eigenvalue weighted by Crippen LogP contribution is 2.45. The number of para-hydroxylation sites is 2. The van der Waals surface area contributed by atoms with Gasteiger partial charge in [-0.25, -0.2) is 4.98 Å². The average molecular weight is 408 g/mol. The molecule has 0 bridgehead atoms. The van der Waals surface area contributed by atoms with Gasteiger partial charge in [-0.3, -0.25) is 0 Å². The number of nitrogens with zero attached hydrogens (tertiary/aromatic N) is 2. The summed E-state index contributed by atoms with van der Waals surface area (Å²) in [7, 11) is -1.08. The summed E-state index contributed by atoms with van der Waals surface area (Å²) < 4.78 is 17.0. The molecule has 0 saturated carbocycles. The quantitative estimate of drug-likeness (QED) is 0.397. The Bertz CT molecular complexity index is 1330. The molecule has 0 atom stereocenters. The SMILES string of the molecule is Cn1c(-c2ccccc2P(=O)(c2ccccc2)c2ccccc2)nc2ccccc21. The fourth-order valence-electron chi connectivity index (χ4n) is 4.03. The van der Waals surface area contributed by atoms with E-state index < -0.39 is 7.14 Å². The zero-order valence-electron chi connectivity index (χ0n) is 16.6. The Hall–Kier alpha value is -3.42. The Kier molecular flexibility index (Phi) is 4.61. The minimum Gasteiger partial charge on any atom is -0.327 e. The highest BCUT2D eigenvalue weighted by atomic mass is 31.2.